The maximum Gasteiger partial charge on any atom is 0.331 e. The summed E-state index contributed by atoms with van der Waals surface area (Å²) in [6.45, 7) is 6.29. The van der Waals surface area contributed by atoms with Crippen LogP contribution in [0.4, 0.5) is 0 Å². The van der Waals surface area contributed by atoms with E-state index in [2.05, 4.69) is 0 Å². The second kappa shape index (κ2) is 10.4. The Hall–Kier alpha value is -2.35. The molecule has 0 bridgehead atoms. The molecule has 160 valence electrons. The second-order valence-electron chi connectivity index (χ2n) is 7.41. The first-order chi connectivity index (χ1) is 13.7. The van der Waals surface area contributed by atoms with Crippen LogP contribution in [0, 0.1) is 5.92 Å². The molecule has 29 heavy (non-hydrogen) atoms. The topological polar surface area (TPSA) is 90.0 Å². The zero-order valence-electron chi connectivity index (χ0n) is 17.2. The fourth-order valence-electron chi connectivity index (χ4n) is 3.20. The van der Waals surface area contributed by atoms with Gasteiger partial charge in [-0.25, -0.2) is 13.2 Å². The Morgan fingerprint density at radius 3 is 2.62 bits per heavy atom. The van der Waals surface area contributed by atoms with Crippen molar-refractivity contribution in [3.8, 4) is 5.75 Å². The summed E-state index contributed by atoms with van der Waals surface area (Å²) in [5.74, 6) is -0.145. The molecule has 1 fully saturated rings. The van der Waals surface area contributed by atoms with Crippen molar-refractivity contribution in [2.45, 2.75) is 33.2 Å². The monoisotopic (exact) mass is 423 g/mol. The standard InChI is InChI=1S/C21H29NO6S/c1-4-27-19-8-6-5-7-17(19)9-10-21(24)28-14-20(23)22(13-16(2)3)18-11-12-29(25,26)15-18/h5-10,16,18H,4,11-15H2,1-3H3/b10-9+/t18-/m1/s1. The third-order valence-electron chi connectivity index (χ3n) is 4.49. The predicted octanol–water partition coefficient (Wildman–Crippen LogP) is 2.31. The van der Waals surface area contributed by atoms with Crippen LogP contribution in [-0.4, -0.2) is 62.5 Å². The number of carbonyl (C=O) groups excluding carboxylic acids is 2. The Kier molecular flexibility index (Phi) is 8.25. The van der Waals surface area contributed by atoms with Gasteiger partial charge in [-0.05, 0) is 31.4 Å². The van der Waals surface area contributed by atoms with E-state index >= 15 is 0 Å². The Balaban J connectivity index is 1.96. The number of hydrogen-bond acceptors (Lipinski definition) is 6. The molecule has 1 aliphatic heterocycles. The van der Waals surface area contributed by atoms with Crippen molar-refractivity contribution in [1.29, 1.82) is 0 Å². The lowest BCUT2D eigenvalue weighted by Gasteiger charge is -2.29. The second-order valence-corrected chi connectivity index (χ2v) is 9.64. The van der Waals surface area contributed by atoms with Gasteiger partial charge in [0.15, 0.2) is 16.4 Å². The normalized spacial score (nSPS) is 18.1. The molecule has 0 aromatic heterocycles. The van der Waals surface area contributed by atoms with Crippen molar-refractivity contribution in [3.63, 3.8) is 0 Å². The first kappa shape index (κ1) is 22.9. The molecule has 0 aliphatic carbocycles. The van der Waals surface area contributed by atoms with Crippen LogP contribution in [0.15, 0.2) is 30.3 Å². The molecule has 1 saturated heterocycles. The number of ether oxygens (including phenoxy) is 2. The fraction of sp³-hybridized carbons (Fsp3) is 0.524. The van der Waals surface area contributed by atoms with Crippen LogP contribution in [0.25, 0.3) is 6.08 Å². The summed E-state index contributed by atoms with van der Waals surface area (Å²) in [4.78, 5) is 26.2. The van der Waals surface area contributed by atoms with Crippen LogP contribution in [0.3, 0.4) is 0 Å². The molecule has 7 nitrogen and oxygen atoms in total. The summed E-state index contributed by atoms with van der Waals surface area (Å²) in [7, 11) is -3.11. The number of amides is 1. The van der Waals surface area contributed by atoms with Crippen LogP contribution in [0.1, 0.15) is 32.8 Å². The highest BCUT2D eigenvalue weighted by molar-refractivity contribution is 7.91. The third-order valence-corrected chi connectivity index (χ3v) is 6.24. The number of sulfone groups is 1. The van der Waals surface area contributed by atoms with E-state index in [-0.39, 0.29) is 29.4 Å². The lowest BCUT2D eigenvalue weighted by atomic mass is 10.1. The molecule has 1 aromatic rings. The quantitative estimate of drug-likeness (QED) is 0.447. The number of rotatable bonds is 9. The van der Waals surface area contributed by atoms with Crippen molar-refractivity contribution < 1.29 is 27.5 Å². The molecule has 0 spiro atoms. The molecule has 0 N–H and O–H groups in total. The average molecular weight is 424 g/mol. The number of esters is 1. The Bertz CT molecular complexity index is 846. The molecule has 1 aliphatic rings. The van der Waals surface area contributed by atoms with Crippen LogP contribution < -0.4 is 4.74 Å². The van der Waals surface area contributed by atoms with Gasteiger partial charge in [-0.3, -0.25) is 4.79 Å². The summed E-state index contributed by atoms with van der Waals surface area (Å²) >= 11 is 0. The van der Waals surface area contributed by atoms with Gasteiger partial charge < -0.3 is 14.4 Å². The number of benzene rings is 1. The van der Waals surface area contributed by atoms with Crippen LogP contribution in [-0.2, 0) is 24.2 Å². The molecule has 2 rings (SSSR count). The highest BCUT2D eigenvalue weighted by Crippen LogP contribution is 2.20. The highest BCUT2D eigenvalue weighted by Gasteiger charge is 2.35. The summed E-state index contributed by atoms with van der Waals surface area (Å²) in [5, 5.41) is 0. The number of nitrogens with zero attached hydrogens (tertiary/aromatic N) is 1. The predicted molar refractivity (Wildman–Crippen MR) is 111 cm³/mol. The molecule has 1 aromatic carbocycles. The van der Waals surface area contributed by atoms with Gasteiger partial charge in [-0.2, -0.15) is 0 Å². The first-order valence-electron chi connectivity index (χ1n) is 9.78. The van der Waals surface area contributed by atoms with Crippen molar-refractivity contribution in [2.24, 2.45) is 5.92 Å². The molecular weight excluding hydrogens is 394 g/mol. The molecule has 0 saturated carbocycles. The highest BCUT2D eigenvalue weighted by atomic mass is 32.2. The van der Waals surface area contributed by atoms with Gasteiger partial charge >= 0.3 is 5.97 Å². The molecule has 0 radical (unpaired) electrons. The van der Waals surface area contributed by atoms with Gasteiger partial charge in [0, 0.05) is 24.2 Å². The molecule has 1 atom stereocenters. The maximum absolute atomic E-state index is 12.6. The summed E-state index contributed by atoms with van der Waals surface area (Å²) in [6.07, 6.45) is 3.24. The van der Waals surface area contributed by atoms with Gasteiger partial charge in [0.25, 0.3) is 5.91 Å². The van der Waals surface area contributed by atoms with E-state index in [9.17, 15) is 18.0 Å². The van der Waals surface area contributed by atoms with E-state index in [4.69, 9.17) is 9.47 Å². The van der Waals surface area contributed by atoms with E-state index in [1.54, 1.807) is 12.1 Å². The molecule has 8 heteroatoms. The Morgan fingerprint density at radius 1 is 1.28 bits per heavy atom. The number of hydrogen-bond donors (Lipinski definition) is 0. The molecule has 1 amide bonds. The van der Waals surface area contributed by atoms with Crippen molar-refractivity contribution >= 4 is 27.8 Å². The lowest BCUT2D eigenvalue weighted by molar-refractivity contribution is -0.149. The van der Waals surface area contributed by atoms with E-state index in [1.165, 1.54) is 11.0 Å². The average Bonchev–Trinajstić information content (AvgIpc) is 3.03. The van der Waals surface area contributed by atoms with Gasteiger partial charge in [0.2, 0.25) is 0 Å². The summed E-state index contributed by atoms with van der Waals surface area (Å²) in [5.41, 5.74) is 0.732. The van der Waals surface area contributed by atoms with E-state index < -0.39 is 22.4 Å². The maximum atomic E-state index is 12.6. The smallest absolute Gasteiger partial charge is 0.331 e. The number of carbonyl (C=O) groups is 2. The Morgan fingerprint density at radius 2 is 2.00 bits per heavy atom. The van der Waals surface area contributed by atoms with Crippen LogP contribution in [0.2, 0.25) is 0 Å². The van der Waals surface area contributed by atoms with Gasteiger partial charge in [-0.15, -0.1) is 0 Å². The van der Waals surface area contributed by atoms with Gasteiger partial charge in [-0.1, -0.05) is 32.0 Å². The lowest BCUT2D eigenvalue weighted by Crippen LogP contribution is -2.45. The Labute approximate surface area is 172 Å². The van der Waals surface area contributed by atoms with Crippen molar-refractivity contribution in [3.05, 3.63) is 35.9 Å². The minimum atomic E-state index is -3.11. The number of para-hydroxylation sites is 1. The van der Waals surface area contributed by atoms with Crippen molar-refractivity contribution in [1.82, 2.24) is 4.90 Å². The van der Waals surface area contributed by atoms with E-state index in [1.807, 2.05) is 39.0 Å². The zero-order valence-corrected chi connectivity index (χ0v) is 18.0. The summed E-state index contributed by atoms with van der Waals surface area (Å²) < 4.78 is 34.1. The largest absolute Gasteiger partial charge is 0.493 e. The fourth-order valence-corrected chi connectivity index (χ4v) is 4.93. The van der Waals surface area contributed by atoms with Crippen molar-refractivity contribution in [2.75, 3.05) is 31.3 Å². The first-order valence-corrected chi connectivity index (χ1v) is 11.6. The van der Waals surface area contributed by atoms with Crippen LogP contribution >= 0.6 is 0 Å². The van der Waals surface area contributed by atoms with Gasteiger partial charge in [0.1, 0.15) is 5.75 Å². The van der Waals surface area contributed by atoms with E-state index in [0.717, 1.165) is 5.56 Å². The SMILES string of the molecule is CCOc1ccccc1/C=C/C(=O)OCC(=O)N(CC(C)C)[C@@H]1CCS(=O)(=O)C1. The van der Waals surface area contributed by atoms with Gasteiger partial charge in [0.05, 0.1) is 18.1 Å². The third kappa shape index (κ3) is 7.20. The van der Waals surface area contributed by atoms with E-state index in [0.29, 0.717) is 25.3 Å². The van der Waals surface area contributed by atoms with Crippen LogP contribution in [0.5, 0.6) is 5.75 Å². The molecule has 0 unspecified atom stereocenters. The minimum absolute atomic E-state index is 0.0342. The minimum Gasteiger partial charge on any atom is -0.493 e. The molecule has 1 heterocycles. The zero-order chi connectivity index (χ0) is 21.4. The molecular formula is C21H29NO6S. The summed E-state index contributed by atoms with van der Waals surface area (Å²) in [6, 6.07) is 6.92.